The first-order chi connectivity index (χ1) is 7.49. The fourth-order valence-corrected chi connectivity index (χ4v) is 1.83. The Morgan fingerprint density at radius 1 is 1.50 bits per heavy atom. The van der Waals surface area contributed by atoms with Gasteiger partial charge in [0.15, 0.2) is 0 Å². The lowest BCUT2D eigenvalue weighted by molar-refractivity contribution is 0.0696. The number of anilines is 1. The maximum atomic E-state index is 10.7. The van der Waals surface area contributed by atoms with Gasteiger partial charge in [-0.05, 0) is 44.7 Å². The van der Waals surface area contributed by atoms with E-state index in [0.717, 1.165) is 5.82 Å². The number of rotatable bonds is 4. The molecule has 1 aromatic rings. The molecule has 1 aliphatic rings. The first-order valence-electron chi connectivity index (χ1n) is 5.46. The molecule has 0 atom stereocenters. The van der Waals surface area contributed by atoms with Crippen LogP contribution in [-0.4, -0.2) is 21.6 Å². The summed E-state index contributed by atoms with van der Waals surface area (Å²) in [6.07, 6.45) is 3.90. The summed E-state index contributed by atoms with van der Waals surface area (Å²) in [4.78, 5) is 14.8. The van der Waals surface area contributed by atoms with Gasteiger partial charge in [0, 0.05) is 11.7 Å². The quantitative estimate of drug-likeness (QED) is 0.817. The number of hydrogen-bond acceptors (Lipinski definition) is 3. The van der Waals surface area contributed by atoms with Crippen LogP contribution in [0.4, 0.5) is 5.82 Å². The first kappa shape index (κ1) is 10.9. The van der Waals surface area contributed by atoms with Gasteiger partial charge in [0.25, 0.3) is 0 Å². The molecule has 2 rings (SSSR count). The molecule has 2 N–H and O–H groups in total. The van der Waals surface area contributed by atoms with Crippen LogP contribution in [0.25, 0.3) is 0 Å². The maximum Gasteiger partial charge on any atom is 0.337 e. The SMILES string of the molecule is CC(C)(Nc1ccc(C(=O)O)cn1)C1CC1. The maximum absolute atomic E-state index is 10.7. The number of carboxylic acid groups (broad SMARTS) is 1. The van der Waals surface area contributed by atoms with E-state index in [1.807, 2.05) is 0 Å². The number of hydrogen-bond donors (Lipinski definition) is 2. The van der Waals surface area contributed by atoms with Crippen LogP contribution in [0.3, 0.4) is 0 Å². The van der Waals surface area contributed by atoms with Gasteiger partial charge in [-0.3, -0.25) is 0 Å². The van der Waals surface area contributed by atoms with Gasteiger partial charge in [-0.1, -0.05) is 0 Å². The average molecular weight is 220 g/mol. The van der Waals surface area contributed by atoms with Crippen molar-refractivity contribution >= 4 is 11.8 Å². The lowest BCUT2D eigenvalue weighted by Crippen LogP contribution is -2.33. The molecule has 0 bridgehead atoms. The second-order valence-electron chi connectivity index (χ2n) is 4.86. The summed E-state index contributed by atoms with van der Waals surface area (Å²) < 4.78 is 0. The summed E-state index contributed by atoms with van der Waals surface area (Å²) in [6.45, 7) is 4.30. The van der Waals surface area contributed by atoms with Crippen molar-refractivity contribution in [3.05, 3.63) is 23.9 Å². The number of aromatic carboxylic acids is 1. The Morgan fingerprint density at radius 3 is 2.62 bits per heavy atom. The van der Waals surface area contributed by atoms with E-state index in [4.69, 9.17) is 5.11 Å². The lowest BCUT2D eigenvalue weighted by atomic mass is 9.99. The summed E-state index contributed by atoms with van der Waals surface area (Å²) in [6, 6.07) is 3.29. The highest BCUT2D eigenvalue weighted by atomic mass is 16.4. The third kappa shape index (κ3) is 2.32. The van der Waals surface area contributed by atoms with Crippen molar-refractivity contribution in [1.82, 2.24) is 4.98 Å². The number of nitrogens with one attached hydrogen (secondary N) is 1. The summed E-state index contributed by atoms with van der Waals surface area (Å²) >= 11 is 0. The van der Waals surface area contributed by atoms with E-state index in [1.165, 1.54) is 19.0 Å². The topological polar surface area (TPSA) is 62.2 Å². The zero-order valence-electron chi connectivity index (χ0n) is 9.53. The molecular weight excluding hydrogens is 204 g/mol. The molecule has 1 fully saturated rings. The van der Waals surface area contributed by atoms with Crippen molar-refractivity contribution in [2.24, 2.45) is 5.92 Å². The van der Waals surface area contributed by atoms with Gasteiger partial charge >= 0.3 is 5.97 Å². The van der Waals surface area contributed by atoms with Crippen molar-refractivity contribution in [2.45, 2.75) is 32.2 Å². The molecule has 0 amide bonds. The van der Waals surface area contributed by atoms with E-state index in [9.17, 15) is 4.79 Å². The van der Waals surface area contributed by atoms with Crippen LogP contribution >= 0.6 is 0 Å². The molecule has 86 valence electrons. The van der Waals surface area contributed by atoms with Crippen molar-refractivity contribution in [2.75, 3.05) is 5.32 Å². The van der Waals surface area contributed by atoms with Gasteiger partial charge in [-0.15, -0.1) is 0 Å². The number of pyridine rings is 1. The predicted octanol–water partition coefficient (Wildman–Crippen LogP) is 2.38. The third-order valence-corrected chi connectivity index (χ3v) is 3.06. The van der Waals surface area contributed by atoms with Gasteiger partial charge < -0.3 is 10.4 Å². The number of aromatic nitrogens is 1. The van der Waals surface area contributed by atoms with Gasteiger partial charge in [-0.25, -0.2) is 9.78 Å². The summed E-state index contributed by atoms with van der Waals surface area (Å²) in [5, 5.41) is 12.1. The number of nitrogens with zero attached hydrogens (tertiary/aromatic N) is 1. The Morgan fingerprint density at radius 2 is 2.19 bits per heavy atom. The molecule has 1 heterocycles. The monoisotopic (exact) mass is 220 g/mol. The molecular formula is C12H16N2O2. The fraction of sp³-hybridized carbons (Fsp3) is 0.500. The minimum Gasteiger partial charge on any atom is -0.478 e. The Labute approximate surface area is 94.7 Å². The Kier molecular flexibility index (Phi) is 2.58. The molecule has 0 unspecified atom stereocenters. The minimum absolute atomic E-state index is 0.0394. The standard InChI is InChI=1S/C12H16N2O2/c1-12(2,9-4-5-9)14-10-6-3-8(7-13-10)11(15)16/h3,6-7,9H,4-5H2,1-2H3,(H,13,14)(H,15,16). The van der Waals surface area contributed by atoms with Gasteiger partial charge in [0.05, 0.1) is 5.56 Å². The van der Waals surface area contributed by atoms with Gasteiger partial charge in [0.1, 0.15) is 5.82 Å². The van der Waals surface area contributed by atoms with Crippen LogP contribution in [0.2, 0.25) is 0 Å². The molecule has 16 heavy (non-hydrogen) atoms. The Bertz CT molecular complexity index is 394. The lowest BCUT2D eigenvalue weighted by Gasteiger charge is -2.26. The van der Waals surface area contributed by atoms with Crippen molar-refractivity contribution in [1.29, 1.82) is 0 Å². The second-order valence-corrected chi connectivity index (χ2v) is 4.86. The molecule has 0 radical (unpaired) electrons. The smallest absolute Gasteiger partial charge is 0.337 e. The highest BCUT2D eigenvalue weighted by molar-refractivity contribution is 5.87. The van der Waals surface area contributed by atoms with E-state index < -0.39 is 5.97 Å². The summed E-state index contributed by atoms with van der Waals surface area (Å²) in [5.74, 6) is 0.496. The molecule has 1 saturated carbocycles. The van der Waals surface area contributed by atoms with E-state index >= 15 is 0 Å². The van der Waals surface area contributed by atoms with Crippen LogP contribution in [0, 0.1) is 5.92 Å². The summed E-state index contributed by atoms with van der Waals surface area (Å²) in [7, 11) is 0. The molecule has 0 spiro atoms. The van der Waals surface area contributed by atoms with E-state index in [2.05, 4.69) is 24.1 Å². The Hall–Kier alpha value is -1.58. The van der Waals surface area contributed by atoms with Gasteiger partial charge in [-0.2, -0.15) is 0 Å². The van der Waals surface area contributed by atoms with Crippen molar-refractivity contribution < 1.29 is 9.90 Å². The molecule has 0 aromatic carbocycles. The van der Waals surface area contributed by atoms with Crippen LogP contribution in [0.5, 0.6) is 0 Å². The Balaban J connectivity index is 2.07. The summed E-state index contributed by atoms with van der Waals surface area (Å²) in [5.41, 5.74) is 0.257. The predicted molar refractivity (Wildman–Crippen MR) is 61.6 cm³/mol. The molecule has 4 nitrogen and oxygen atoms in total. The second kappa shape index (κ2) is 3.77. The minimum atomic E-state index is -0.944. The van der Waals surface area contributed by atoms with Crippen molar-refractivity contribution in [3.63, 3.8) is 0 Å². The average Bonchev–Trinajstić information content (AvgIpc) is 3.01. The highest BCUT2D eigenvalue weighted by Crippen LogP contribution is 2.40. The fourth-order valence-electron chi connectivity index (χ4n) is 1.83. The molecule has 1 aliphatic carbocycles. The third-order valence-electron chi connectivity index (χ3n) is 3.06. The normalized spacial score (nSPS) is 15.9. The molecule has 0 aliphatic heterocycles. The number of carbonyl (C=O) groups is 1. The largest absolute Gasteiger partial charge is 0.478 e. The van der Waals surface area contributed by atoms with E-state index in [1.54, 1.807) is 12.1 Å². The molecule has 0 saturated heterocycles. The first-order valence-corrected chi connectivity index (χ1v) is 5.46. The van der Waals surface area contributed by atoms with Crippen molar-refractivity contribution in [3.8, 4) is 0 Å². The van der Waals surface area contributed by atoms with Crippen LogP contribution < -0.4 is 5.32 Å². The van der Waals surface area contributed by atoms with Gasteiger partial charge in [0.2, 0.25) is 0 Å². The van der Waals surface area contributed by atoms with Crippen LogP contribution in [0.1, 0.15) is 37.0 Å². The number of carboxylic acids is 1. The molecule has 1 aromatic heterocycles. The van der Waals surface area contributed by atoms with E-state index in [0.29, 0.717) is 5.92 Å². The van der Waals surface area contributed by atoms with E-state index in [-0.39, 0.29) is 11.1 Å². The highest BCUT2D eigenvalue weighted by Gasteiger charge is 2.37. The van der Waals surface area contributed by atoms with Crippen LogP contribution in [-0.2, 0) is 0 Å². The van der Waals surface area contributed by atoms with Crippen LogP contribution in [0.15, 0.2) is 18.3 Å². The molecule has 4 heteroatoms. The zero-order chi connectivity index (χ0) is 11.8. The zero-order valence-corrected chi connectivity index (χ0v) is 9.53.